The first-order valence-electron chi connectivity index (χ1n) is 9.86. The van der Waals surface area contributed by atoms with Gasteiger partial charge in [0.1, 0.15) is 0 Å². The third-order valence-electron chi connectivity index (χ3n) is 4.82. The van der Waals surface area contributed by atoms with E-state index in [9.17, 15) is 9.59 Å². The number of aryl methyl sites for hydroxylation is 1. The number of thiazole rings is 1. The summed E-state index contributed by atoms with van der Waals surface area (Å²) in [4.78, 5) is 29.1. The molecular formula is C22H23N3O3S2. The number of amides is 2. The molecule has 4 rings (SSSR count). The molecule has 2 amide bonds. The van der Waals surface area contributed by atoms with Gasteiger partial charge in [-0.3, -0.25) is 9.59 Å². The minimum absolute atomic E-state index is 0.0131. The van der Waals surface area contributed by atoms with Crippen LogP contribution in [-0.2, 0) is 9.53 Å². The number of fused-ring (bicyclic) bond motifs is 1. The smallest absolute Gasteiger partial charge is 0.255 e. The molecule has 0 aliphatic carbocycles. The van der Waals surface area contributed by atoms with Gasteiger partial charge in [0.15, 0.2) is 4.34 Å². The number of hydrogen-bond acceptors (Lipinski definition) is 6. The highest BCUT2D eigenvalue weighted by atomic mass is 32.2. The summed E-state index contributed by atoms with van der Waals surface area (Å²) in [5.74, 6) is 0.168. The Bertz CT molecular complexity index is 1040. The molecule has 1 saturated heterocycles. The van der Waals surface area contributed by atoms with Crippen LogP contribution in [-0.4, -0.2) is 41.8 Å². The molecule has 0 unspecified atom stereocenters. The molecule has 1 aliphatic heterocycles. The second-order valence-corrected chi connectivity index (χ2v) is 9.46. The second-order valence-electron chi connectivity index (χ2n) is 7.21. The first kappa shape index (κ1) is 20.8. The maximum atomic E-state index is 12.4. The van der Waals surface area contributed by atoms with Crippen LogP contribution in [0.25, 0.3) is 10.2 Å². The van der Waals surface area contributed by atoms with Crippen LogP contribution in [0, 0.1) is 6.92 Å². The van der Waals surface area contributed by atoms with E-state index in [1.54, 1.807) is 0 Å². The van der Waals surface area contributed by atoms with E-state index in [1.807, 2.05) is 49.4 Å². The number of hydrogen-bond donors (Lipinski definition) is 2. The van der Waals surface area contributed by atoms with Crippen LogP contribution in [0.5, 0.6) is 0 Å². The Hall–Kier alpha value is -2.42. The molecule has 2 aromatic carbocycles. The summed E-state index contributed by atoms with van der Waals surface area (Å²) >= 11 is 2.94. The molecule has 30 heavy (non-hydrogen) atoms. The molecule has 0 radical (unpaired) electrons. The van der Waals surface area contributed by atoms with E-state index in [1.165, 1.54) is 23.1 Å². The highest BCUT2D eigenvalue weighted by Crippen LogP contribution is 2.31. The fourth-order valence-electron chi connectivity index (χ4n) is 3.16. The molecule has 1 atom stereocenters. The average molecular weight is 442 g/mol. The van der Waals surface area contributed by atoms with Crippen LogP contribution in [0.1, 0.15) is 28.8 Å². The number of carbonyl (C=O) groups excluding carboxylic acids is 2. The Labute approximate surface area is 183 Å². The lowest BCUT2D eigenvalue weighted by Crippen LogP contribution is -2.32. The Balaban J connectivity index is 1.33. The predicted octanol–water partition coefficient (Wildman–Crippen LogP) is 4.24. The van der Waals surface area contributed by atoms with Crippen molar-refractivity contribution in [3.63, 3.8) is 0 Å². The van der Waals surface area contributed by atoms with Crippen molar-refractivity contribution in [2.24, 2.45) is 0 Å². The zero-order chi connectivity index (χ0) is 20.9. The molecule has 1 aliphatic rings. The van der Waals surface area contributed by atoms with Crippen LogP contribution < -0.4 is 10.6 Å². The van der Waals surface area contributed by atoms with Gasteiger partial charge >= 0.3 is 0 Å². The summed E-state index contributed by atoms with van der Waals surface area (Å²) in [6.45, 7) is 3.35. The number of aromatic nitrogens is 1. The first-order valence-corrected chi connectivity index (χ1v) is 11.7. The van der Waals surface area contributed by atoms with Gasteiger partial charge in [0.25, 0.3) is 5.91 Å². The highest BCUT2D eigenvalue weighted by molar-refractivity contribution is 8.01. The molecule has 3 aromatic rings. The summed E-state index contributed by atoms with van der Waals surface area (Å²) in [6.07, 6.45) is 2.22. The summed E-state index contributed by atoms with van der Waals surface area (Å²) in [5.41, 5.74) is 3.32. The van der Waals surface area contributed by atoms with Gasteiger partial charge in [-0.2, -0.15) is 0 Å². The maximum absolute atomic E-state index is 12.4. The van der Waals surface area contributed by atoms with E-state index in [0.717, 1.165) is 45.3 Å². The first-order chi connectivity index (χ1) is 14.6. The average Bonchev–Trinajstić information content (AvgIpc) is 3.40. The van der Waals surface area contributed by atoms with E-state index in [2.05, 4.69) is 15.6 Å². The zero-order valence-corrected chi connectivity index (χ0v) is 18.3. The van der Waals surface area contributed by atoms with Crippen molar-refractivity contribution in [1.29, 1.82) is 0 Å². The molecule has 156 valence electrons. The minimum atomic E-state index is -0.142. The van der Waals surface area contributed by atoms with Crippen molar-refractivity contribution in [2.45, 2.75) is 30.2 Å². The molecule has 6 nitrogen and oxygen atoms in total. The van der Waals surface area contributed by atoms with Crippen molar-refractivity contribution >= 4 is 50.8 Å². The number of thioether (sulfide) groups is 1. The number of carbonyl (C=O) groups is 2. The molecule has 2 N–H and O–H groups in total. The van der Waals surface area contributed by atoms with Crippen molar-refractivity contribution < 1.29 is 14.3 Å². The summed E-state index contributed by atoms with van der Waals surface area (Å²) in [7, 11) is 0. The minimum Gasteiger partial charge on any atom is -0.376 e. The fraction of sp³-hybridized carbons (Fsp3) is 0.318. The molecule has 8 heteroatoms. The number of anilines is 1. The number of rotatable bonds is 7. The van der Waals surface area contributed by atoms with E-state index in [4.69, 9.17) is 4.74 Å². The lowest BCUT2D eigenvalue weighted by Gasteiger charge is -2.09. The highest BCUT2D eigenvalue weighted by Gasteiger charge is 2.16. The van der Waals surface area contributed by atoms with Crippen LogP contribution in [0.3, 0.4) is 0 Å². The Morgan fingerprint density at radius 2 is 2.07 bits per heavy atom. The number of nitrogens with one attached hydrogen (secondary N) is 2. The quantitative estimate of drug-likeness (QED) is 0.536. The maximum Gasteiger partial charge on any atom is 0.255 e. The normalized spacial score (nSPS) is 16.0. The molecule has 1 aromatic heterocycles. The third kappa shape index (κ3) is 5.38. The van der Waals surface area contributed by atoms with E-state index >= 15 is 0 Å². The number of nitrogens with zero attached hydrogens (tertiary/aromatic N) is 1. The SMILES string of the molecule is Cc1ccc(C(=O)Nc2ccc3nc(SCC(=O)NC[C@@H]4CCCO4)sc3c2)cc1. The molecule has 0 spiro atoms. The standard InChI is InChI=1S/C22H23N3O3S2/c1-14-4-6-15(7-5-14)21(27)24-16-8-9-18-19(11-16)30-22(25-18)29-13-20(26)23-12-17-3-2-10-28-17/h4-9,11,17H,2-3,10,12-13H2,1H3,(H,23,26)(H,24,27)/t17-/m0/s1. The molecular weight excluding hydrogens is 418 g/mol. The monoisotopic (exact) mass is 441 g/mol. The lowest BCUT2D eigenvalue weighted by atomic mass is 10.1. The Kier molecular flexibility index (Phi) is 6.66. The van der Waals surface area contributed by atoms with Gasteiger partial charge in [-0.25, -0.2) is 4.98 Å². The molecule has 0 saturated carbocycles. The topological polar surface area (TPSA) is 80.3 Å². The number of ether oxygens (including phenoxy) is 1. The van der Waals surface area contributed by atoms with Crippen LogP contribution >= 0.6 is 23.1 Å². The molecule has 2 heterocycles. The van der Waals surface area contributed by atoms with Gasteiger partial charge in [0.05, 0.1) is 22.1 Å². The van der Waals surface area contributed by atoms with Crippen molar-refractivity contribution in [3.8, 4) is 0 Å². The Morgan fingerprint density at radius 1 is 1.23 bits per heavy atom. The number of benzene rings is 2. The fourth-order valence-corrected chi connectivity index (χ4v) is 5.10. The van der Waals surface area contributed by atoms with Gasteiger partial charge < -0.3 is 15.4 Å². The van der Waals surface area contributed by atoms with Gasteiger partial charge in [0, 0.05) is 24.4 Å². The lowest BCUT2D eigenvalue weighted by molar-refractivity contribution is -0.119. The van der Waals surface area contributed by atoms with Gasteiger partial charge in [0.2, 0.25) is 5.91 Å². The summed E-state index contributed by atoms with van der Waals surface area (Å²) in [5, 5.41) is 5.85. The second kappa shape index (κ2) is 9.59. The van der Waals surface area contributed by atoms with Crippen LogP contribution in [0.2, 0.25) is 0 Å². The van der Waals surface area contributed by atoms with Gasteiger partial charge in [-0.1, -0.05) is 29.5 Å². The predicted molar refractivity (Wildman–Crippen MR) is 121 cm³/mol. The molecule has 1 fully saturated rings. The van der Waals surface area contributed by atoms with Gasteiger partial charge in [-0.15, -0.1) is 11.3 Å². The zero-order valence-electron chi connectivity index (χ0n) is 16.6. The van der Waals surface area contributed by atoms with Crippen LogP contribution in [0.15, 0.2) is 46.8 Å². The Morgan fingerprint density at radius 3 is 2.83 bits per heavy atom. The summed E-state index contributed by atoms with van der Waals surface area (Å²) < 4.78 is 7.32. The van der Waals surface area contributed by atoms with Gasteiger partial charge in [-0.05, 0) is 50.1 Å². The van der Waals surface area contributed by atoms with Crippen molar-refractivity contribution in [3.05, 3.63) is 53.6 Å². The van der Waals surface area contributed by atoms with E-state index in [-0.39, 0.29) is 17.9 Å². The van der Waals surface area contributed by atoms with Crippen molar-refractivity contribution in [1.82, 2.24) is 10.3 Å². The van der Waals surface area contributed by atoms with Crippen molar-refractivity contribution in [2.75, 3.05) is 24.2 Å². The summed E-state index contributed by atoms with van der Waals surface area (Å²) in [6, 6.07) is 13.1. The largest absolute Gasteiger partial charge is 0.376 e. The van der Waals surface area contributed by atoms with Crippen LogP contribution in [0.4, 0.5) is 5.69 Å². The van der Waals surface area contributed by atoms with E-state index in [0.29, 0.717) is 17.9 Å². The third-order valence-corrected chi connectivity index (χ3v) is 6.98. The molecule has 0 bridgehead atoms. The van der Waals surface area contributed by atoms with E-state index < -0.39 is 0 Å².